The van der Waals surface area contributed by atoms with Gasteiger partial charge in [-0.2, -0.15) is 4.31 Å². The van der Waals surface area contributed by atoms with E-state index in [4.69, 9.17) is 16.3 Å². The van der Waals surface area contributed by atoms with E-state index in [1.165, 1.54) is 16.4 Å². The first kappa shape index (κ1) is 19.9. The molecule has 1 aromatic carbocycles. The van der Waals surface area contributed by atoms with Gasteiger partial charge in [-0.05, 0) is 31.5 Å². The molecule has 0 aliphatic carbocycles. The van der Waals surface area contributed by atoms with Crippen molar-refractivity contribution in [1.82, 2.24) is 9.21 Å². The molecule has 25 heavy (non-hydrogen) atoms. The highest BCUT2D eigenvalue weighted by molar-refractivity contribution is 7.89. The van der Waals surface area contributed by atoms with E-state index in [-0.39, 0.29) is 23.9 Å². The molecule has 8 heteroatoms. The van der Waals surface area contributed by atoms with Gasteiger partial charge in [-0.3, -0.25) is 4.79 Å². The molecule has 138 valence electrons. The van der Waals surface area contributed by atoms with Crippen LogP contribution >= 0.6 is 11.6 Å². The van der Waals surface area contributed by atoms with Crippen molar-refractivity contribution < 1.29 is 17.9 Å². The molecule has 1 unspecified atom stereocenters. The number of piperazine rings is 1. The minimum absolute atomic E-state index is 0.121. The largest absolute Gasteiger partial charge is 0.368 e. The standard InChI is InChI=1S/C17H23ClN2O4S/c1-3-4-12-24-14(2)17(21)19-8-10-20(11-9-19)25(22,23)16-7-5-6-15(18)13-16/h3,5-7,13-14H,1,4,8-12H2,2H3. The van der Waals surface area contributed by atoms with Crippen molar-refractivity contribution in [2.45, 2.75) is 24.3 Å². The van der Waals surface area contributed by atoms with Gasteiger partial charge in [0.15, 0.2) is 0 Å². The third kappa shape index (κ3) is 5.04. The van der Waals surface area contributed by atoms with Crippen LogP contribution in [0.5, 0.6) is 0 Å². The predicted molar refractivity (Wildman–Crippen MR) is 97.0 cm³/mol. The number of hydrogen-bond acceptors (Lipinski definition) is 4. The molecule has 1 fully saturated rings. The molecule has 1 aliphatic rings. The molecule has 0 N–H and O–H groups in total. The third-order valence-corrected chi connectivity index (χ3v) is 6.15. The molecule has 1 aromatic rings. The lowest BCUT2D eigenvalue weighted by molar-refractivity contribution is -0.143. The van der Waals surface area contributed by atoms with Gasteiger partial charge in [0.25, 0.3) is 5.91 Å². The molecular weight excluding hydrogens is 364 g/mol. The molecule has 2 rings (SSSR count). The van der Waals surface area contributed by atoms with E-state index in [0.29, 0.717) is 31.1 Å². The Hall–Kier alpha value is -1.41. The summed E-state index contributed by atoms with van der Waals surface area (Å²) < 4.78 is 32.2. The number of amides is 1. The predicted octanol–water partition coefficient (Wildman–Crippen LogP) is 2.15. The number of halogens is 1. The Morgan fingerprint density at radius 3 is 2.64 bits per heavy atom. The van der Waals surface area contributed by atoms with Gasteiger partial charge < -0.3 is 9.64 Å². The summed E-state index contributed by atoms with van der Waals surface area (Å²) in [6.45, 7) is 6.94. The molecule has 0 spiro atoms. The average Bonchev–Trinajstić information content (AvgIpc) is 2.61. The summed E-state index contributed by atoms with van der Waals surface area (Å²) in [4.78, 5) is 14.2. The first-order chi connectivity index (χ1) is 11.9. The number of rotatable bonds is 7. The van der Waals surface area contributed by atoms with E-state index < -0.39 is 16.1 Å². The zero-order chi connectivity index (χ0) is 18.4. The molecule has 0 aromatic heterocycles. The van der Waals surface area contributed by atoms with Crippen LogP contribution in [0.2, 0.25) is 5.02 Å². The van der Waals surface area contributed by atoms with Gasteiger partial charge in [0.2, 0.25) is 10.0 Å². The fourth-order valence-corrected chi connectivity index (χ4v) is 4.31. The van der Waals surface area contributed by atoms with Gasteiger partial charge in [0, 0.05) is 31.2 Å². The minimum atomic E-state index is -3.60. The molecule has 1 atom stereocenters. The number of carbonyl (C=O) groups excluding carboxylic acids is 1. The van der Waals surface area contributed by atoms with Crippen LogP contribution in [-0.2, 0) is 19.6 Å². The van der Waals surface area contributed by atoms with Crippen molar-refractivity contribution in [3.63, 3.8) is 0 Å². The Kier molecular flexibility index (Phi) is 7.01. The van der Waals surface area contributed by atoms with Crippen LogP contribution in [0.25, 0.3) is 0 Å². The van der Waals surface area contributed by atoms with Gasteiger partial charge in [0.05, 0.1) is 11.5 Å². The molecule has 0 radical (unpaired) electrons. The second-order valence-corrected chi connectivity index (χ2v) is 8.15. The normalized spacial score (nSPS) is 17.3. The molecule has 1 heterocycles. The first-order valence-corrected chi connectivity index (χ1v) is 9.95. The van der Waals surface area contributed by atoms with Crippen molar-refractivity contribution in [2.24, 2.45) is 0 Å². The van der Waals surface area contributed by atoms with Crippen LogP contribution < -0.4 is 0 Å². The van der Waals surface area contributed by atoms with Gasteiger partial charge >= 0.3 is 0 Å². The summed E-state index contributed by atoms with van der Waals surface area (Å²) in [7, 11) is -3.60. The van der Waals surface area contributed by atoms with Crippen LogP contribution in [0.3, 0.4) is 0 Å². The van der Waals surface area contributed by atoms with E-state index in [0.717, 1.165) is 0 Å². The summed E-state index contributed by atoms with van der Waals surface area (Å²) in [6.07, 6.45) is 1.87. The third-order valence-electron chi connectivity index (χ3n) is 4.02. The SMILES string of the molecule is C=CCCOC(C)C(=O)N1CCN(S(=O)(=O)c2cccc(Cl)c2)CC1. The smallest absolute Gasteiger partial charge is 0.251 e. The number of hydrogen-bond donors (Lipinski definition) is 0. The number of sulfonamides is 1. The van der Waals surface area contributed by atoms with E-state index in [1.54, 1.807) is 30.0 Å². The lowest BCUT2D eigenvalue weighted by atomic mass is 10.3. The maximum atomic E-state index is 12.7. The Balaban J connectivity index is 1.94. The van der Waals surface area contributed by atoms with Crippen molar-refractivity contribution in [2.75, 3.05) is 32.8 Å². The summed E-state index contributed by atoms with van der Waals surface area (Å²) in [5.41, 5.74) is 0. The average molecular weight is 387 g/mol. The maximum Gasteiger partial charge on any atom is 0.251 e. The molecule has 0 saturated carbocycles. The highest BCUT2D eigenvalue weighted by Crippen LogP contribution is 2.21. The quantitative estimate of drug-likeness (QED) is 0.532. The van der Waals surface area contributed by atoms with Crippen molar-refractivity contribution in [3.05, 3.63) is 41.9 Å². The highest BCUT2D eigenvalue weighted by atomic mass is 35.5. The summed E-state index contributed by atoms with van der Waals surface area (Å²) >= 11 is 5.89. The maximum absolute atomic E-state index is 12.7. The fourth-order valence-electron chi connectivity index (χ4n) is 2.58. The topological polar surface area (TPSA) is 66.9 Å². The lowest BCUT2D eigenvalue weighted by Gasteiger charge is -2.35. The van der Waals surface area contributed by atoms with E-state index in [2.05, 4.69) is 6.58 Å². The number of ether oxygens (including phenoxy) is 1. The van der Waals surface area contributed by atoms with Crippen LogP contribution in [0.1, 0.15) is 13.3 Å². The van der Waals surface area contributed by atoms with Crippen LogP contribution in [0, 0.1) is 0 Å². The van der Waals surface area contributed by atoms with Gasteiger partial charge in [-0.25, -0.2) is 8.42 Å². The first-order valence-electron chi connectivity index (χ1n) is 8.13. The van der Waals surface area contributed by atoms with E-state index in [1.807, 2.05) is 0 Å². The Bertz CT molecular complexity index is 715. The molecule has 1 amide bonds. The molecule has 0 bridgehead atoms. The minimum Gasteiger partial charge on any atom is -0.368 e. The zero-order valence-corrected chi connectivity index (χ0v) is 15.8. The second-order valence-electron chi connectivity index (χ2n) is 5.78. The molecule has 1 aliphatic heterocycles. The van der Waals surface area contributed by atoms with Crippen molar-refractivity contribution in [3.8, 4) is 0 Å². The summed E-state index contributed by atoms with van der Waals surface area (Å²) in [5, 5.41) is 0.375. The van der Waals surface area contributed by atoms with Gasteiger partial charge in [-0.15, -0.1) is 6.58 Å². The zero-order valence-electron chi connectivity index (χ0n) is 14.2. The fraction of sp³-hybridized carbons (Fsp3) is 0.471. The van der Waals surface area contributed by atoms with E-state index in [9.17, 15) is 13.2 Å². The van der Waals surface area contributed by atoms with Crippen molar-refractivity contribution >= 4 is 27.5 Å². The molecule has 6 nitrogen and oxygen atoms in total. The second kappa shape index (κ2) is 8.80. The Labute approximate surface area is 154 Å². The van der Waals surface area contributed by atoms with Crippen LogP contribution in [0.15, 0.2) is 41.8 Å². The molecular formula is C17H23ClN2O4S. The van der Waals surface area contributed by atoms with Crippen molar-refractivity contribution in [1.29, 1.82) is 0 Å². The number of nitrogens with zero attached hydrogens (tertiary/aromatic N) is 2. The van der Waals surface area contributed by atoms with Crippen LogP contribution in [-0.4, -0.2) is 62.4 Å². The Morgan fingerprint density at radius 1 is 1.36 bits per heavy atom. The number of benzene rings is 1. The monoisotopic (exact) mass is 386 g/mol. The summed E-state index contributed by atoms with van der Waals surface area (Å²) in [5.74, 6) is -0.121. The van der Waals surface area contributed by atoms with E-state index >= 15 is 0 Å². The Morgan fingerprint density at radius 2 is 2.04 bits per heavy atom. The summed E-state index contributed by atoms with van der Waals surface area (Å²) in [6, 6.07) is 6.19. The van der Waals surface area contributed by atoms with Gasteiger partial charge in [0.1, 0.15) is 6.10 Å². The van der Waals surface area contributed by atoms with Gasteiger partial charge in [-0.1, -0.05) is 23.7 Å². The number of carbonyl (C=O) groups is 1. The lowest BCUT2D eigenvalue weighted by Crippen LogP contribution is -2.52. The van der Waals surface area contributed by atoms with Crippen LogP contribution in [0.4, 0.5) is 0 Å². The molecule has 1 saturated heterocycles. The highest BCUT2D eigenvalue weighted by Gasteiger charge is 2.31.